The van der Waals surface area contributed by atoms with Crippen LogP contribution in [-0.2, 0) is 16.2 Å². The van der Waals surface area contributed by atoms with Gasteiger partial charge in [-0.2, -0.15) is 0 Å². The number of fused-ring (bicyclic) bond motifs is 5. The van der Waals surface area contributed by atoms with Crippen LogP contribution in [0.3, 0.4) is 0 Å². The highest BCUT2D eigenvalue weighted by Crippen LogP contribution is 2.67. The Morgan fingerprint density at radius 1 is 1.26 bits per heavy atom. The Hall–Kier alpha value is -2.52. The number of allylic oxidation sites excluding steroid dienone is 2. The molecule has 0 aliphatic heterocycles. The molecule has 0 unspecified atom stereocenters. The minimum Gasteiger partial charge on any atom is -0.467 e. The number of terminal acetylenes is 1. The van der Waals surface area contributed by atoms with Crippen molar-refractivity contribution in [1.29, 1.82) is 0 Å². The van der Waals surface area contributed by atoms with E-state index in [0.29, 0.717) is 30.1 Å². The Bertz CT molecular complexity index is 1040. The number of furan rings is 1. The number of carbonyl (C=O) groups excluding carboxylic acids is 1. The lowest BCUT2D eigenvalue weighted by molar-refractivity contribution is -0.125. The zero-order valence-corrected chi connectivity index (χ0v) is 20.3. The fourth-order valence-electron chi connectivity index (χ4n) is 7.72. The summed E-state index contributed by atoms with van der Waals surface area (Å²) in [5.41, 5.74) is 1.45. The molecule has 6 heteroatoms. The average molecular weight is 465 g/mol. The summed E-state index contributed by atoms with van der Waals surface area (Å²) in [6, 6.07) is 3.61. The second kappa shape index (κ2) is 8.61. The molecule has 0 saturated heterocycles. The first kappa shape index (κ1) is 23.2. The van der Waals surface area contributed by atoms with Crippen LogP contribution in [0.4, 0.5) is 0 Å². The van der Waals surface area contributed by atoms with Gasteiger partial charge in [-0.05, 0) is 92.7 Å². The van der Waals surface area contributed by atoms with Crippen LogP contribution in [0.5, 0.6) is 0 Å². The Morgan fingerprint density at radius 2 is 2.09 bits per heavy atom. The zero-order chi connectivity index (χ0) is 24.0. The molecule has 4 aliphatic carbocycles. The lowest BCUT2D eigenvalue weighted by atomic mass is 9.46. The molecule has 182 valence electrons. The minimum atomic E-state index is -0.951. The van der Waals surface area contributed by atoms with Crippen molar-refractivity contribution in [1.82, 2.24) is 5.32 Å². The first-order valence-electron chi connectivity index (χ1n) is 12.7. The molecule has 3 saturated carbocycles. The van der Waals surface area contributed by atoms with Crippen LogP contribution in [0.25, 0.3) is 0 Å². The molecule has 1 amide bonds. The van der Waals surface area contributed by atoms with Crippen molar-refractivity contribution in [2.75, 3.05) is 6.61 Å². The van der Waals surface area contributed by atoms with Crippen LogP contribution in [0, 0.1) is 40.9 Å². The molecular formula is C28H36N2O4. The molecule has 4 aliphatic rings. The highest BCUT2D eigenvalue weighted by atomic mass is 16.6. The van der Waals surface area contributed by atoms with Crippen molar-refractivity contribution >= 4 is 11.6 Å². The highest BCUT2D eigenvalue weighted by Gasteiger charge is 2.63. The van der Waals surface area contributed by atoms with Crippen molar-refractivity contribution in [3.8, 4) is 12.3 Å². The van der Waals surface area contributed by atoms with Gasteiger partial charge in [-0.1, -0.05) is 30.5 Å². The SMILES string of the molecule is C#C[C@@]1(O)CC[C@H]2[C@@H]3CCC4=C/C(=N/OCC(=O)NCc5ccco5)CC[C@]4(C)[C@H]3CC[C@@]21C. The van der Waals surface area contributed by atoms with Gasteiger partial charge in [-0.3, -0.25) is 4.79 Å². The van der Waals surface area contributed by atoms with Crippen molar-refractivity contribution in [2.24, 2.45) is 33.7 Å². The first-order valence-corrected chi connectivity index (χ1v) is 12.7. The summed E-state index contributed by atoms with van der Waals surface area (Å²) in [4.78, 5) is 17.4. The molecular weight excluding hydrogens is 428 g/mol. The third-order valence-electron chi connectivity index (χ3n) is 9.79. The predicted molar refractivity (Wildman–Crippen MR) is 129 cm³/mol. The third kappa shape index (κ3) is 3.69. The lowest BCUT2D eigenvalue weighted by Gasteiger charge is -2.58. The molecule has 0 spiro atoms. The van der Waals surface area contributed by atoms with Gasteiger partial charge in [0.25, 0.3) is 5.91 Å². The molecule has 1 aromatic rings. The number of rotatable bonds is 5. The third-order valence-corrected chi connectivity index (χ3v) is 9.79. The van der Waals surface area contributed by atoms with Crippen LogP contribution in [0.1, 0.15) is 71.0 Å². The normalized spacial score (nSPS) is 39.9. The number of nitrogens with one attached hydrogen (secondary N) is 1. The van der Waals surface area contributed by atoms with Gasteiger partial charge in [-0.25, -0.2) is 0 Å². The van der Waals surface area contributed by atoms with Gasteiger partial charge in [0.2, 0.25) is 0 Å². The number of oxime groups is 1. The average Bonchev–Trinajstić information content (AvgIpc) is 3.44. The number of amides is 1. The maximum Gasteiger partial charge on any atom is 0.261 e. The summed E-state index contributed by atoms with van der Waals surface area (Å²) in [6.45, 7) is 4.91. The quantitative estimate of drug-likeness (QED) is 0.493. The van der Waals surface area contributed by atoms with Crippen molar-refractivity contribution < 1.29 is 19.2 Å². The molecule has 1 heterocycles. The minimum absolute atomic E-state index is 0.103. The summed E-state index contributed by atoms with van der Waals surface area (Å²) in [6.07, 6.45) is 17.6. The molecule has 3 fully saturated rings. The fourth-order valence-corrected chi connectivity index (χ4v) is 7.72. The van der Waals surface area contributed by atoms with Gasteiger partial charge in [0.05, 0.1) is 18.5 Å². The van der Waals surface area contributed by atoms with E-state index in [1.807, 2.05) is 6.07 Å². The van der Waals surface area contributed by atoms with Gasteiger partial charge in [0.1, 0.15) is 11.4 Å². The van der Waals surface area contributed by atoms with Gasteiger partial charge in [0, 0.05) is 5.41 Å². The van der Waals surface area contributed by atoms with Crippen LogP contribution < -0.4 is 5.32 Å². The van der Waals surface area contributed by atoms with E-state index in [1.54, 1.807) is 12.3 Å². The topological polar surface area (TPSA) is 84.1 Å². The van der Waals surface area contributed by atoms with E-state index in [4.69, 9.17) is 15.7 Å². The van der Waals surface area contributed by atoms with Gasteiger partial charge < -0.3 is 19.7 Å². The predicted octanol–water partition coefficient (Wildman–Crippen LogP) is 4.60. The maximum atomic E-state index is 12.0. The monoisotopic (exact) mass is 464 g/mol. The molecule has 0 aromatic carbocycles. The number of carbonyl (C=O) groups is 1. The molecule has 6 nitrogen and oxygen atoms in total. The zero-order valence-electron chi connectivity index (χ0n) is 20.3. The summed E-state index contributed by atoms with van der Waals surface area (Å²) in [7, 11) is 0. The van der Waals surface area contributed by atoms with Crippen molar-refractivity contribution in [2.45, 2.75) is 77.4 Å². The highest BCUT2D eigenvalue weighted by molar-refractivity contribution is 5.96. The smallest absolute Gasteiger partial charge is 0.261 e. The van der Waals surface area contributed by atoms with Crippen LogP contribution >= 0.6 is 0 Å². The Labute approximate surface area is 202 Å². The standard InChI is InChI=1S/C28H36N2O4/c1-4-28(32)14-11-24-22-8-7-19-16-20(9-12-26(19,2)23(22)10-13-27(24,28)3)30-34-18-25(31)29-17-21-6-5-15-33-21/h1,5-6,15-16,22-24,32H,7-14,17-18H2,2-3H3,(H,29,31)/b30-20+/t22-,23+,24+,26+,27+,28-/m1/s1. The van der Waals surface area contributed by atoms with E-state index in [1.165, 1.54) is 5.57 Å². The number of aliphatic hydroxyl groups is 1. The first-order chi connectivity index (χ1) is 16.3. The molecule has 5 rings (SSSR count). The number of nitrogens with zero attached hydrogens (tertiary/aromatic N) is 1. The van der Waals surface area contributed by atoms with E-state index < -0.39 is 5.60 Å². The van der Waals surface area contributed by atoms with Gasteiger partial charge in [-0.15, -0.1) is 6.42 Å². The van der Waals surface area contributed by atoms with Crippen LogP contribution in [-0.4, -0.2) is 28.9 Å². The maximum absolute atomic E-state index is 12.0. The van der Waals surface area contributed by atoms with E-state index in [9.17, 15) is 9.90 Å². The largest absolute Gasteiger partial charge is 0.467 e. The second-order valence-electron chi connectivity index (χ2n) is 11.2. The van der Waals surface area contributed by atoms with Crippen molar-refractivity contribution in [3.05, 3.63) is 35.8 Å². The fraction of sp³-hybridized carbons (Fsp3) is 0.643. The molecule has 1 aromatic heterocycles. The Kier molecular flexibility index (Phi) is 5.88. The molecule has 0 bridgehead atoms. The van der Waals surface area contributed by atoms with E-state index in [0.717, 1.165) is 57.1 Å². The molecule has 6 atom stereocenters. The summed E-state index contributed by atoms with van der Waals surface area (Å²) >= 11 is 0. The van der Waals surface area contributed by atoms with Gasteiger partial charge >= 0.3 is 0 Å². The van der Waals surface area contributed by atoms with E-state index in [2.05, 4.69) is 36.3 Å². The summed E-state index contributed by atoms with van der Waals surface area (Å²) in [5.74, 6) is 5.01. The Morgan fingerprint density at radius 3 is 2.85 bits per heavy atom. The lowest BCUT2D eigenvalue weighted by Crippen LogP contribution is -2.54. The second-order valence-corrected chi connectivity index (χ2v) is 11.2. The van der Waals surface area contributed by atoms with Gasteiger partial charge in [0.15, 0.2) is 6.61 Å². The number of hydrogen-bond acceptors (Lipinski definition) is 5. The molecule has 34 heavy (non-hydrogen) atoms. The Balaban J connectivity index is 1.22. The van der Waals surface area contributed by atoms with E-state index >= 15 is 0 Å². The summed E-state index contributed by atoms with van der Waals surface area (Å²) in [5, 5.41) is 18.2. The molecule has 2 N–H and O–H groups in total. The van der Waals surface area contributed by atoms with Crippen LogP contribution in [0.2, 0.25) is 0 Å². The van der Waals surface area contributed by atoms with E-state index in [-0.39, 0.29) is 23.3 Å². The van der Waals surface area contributed by atoms with Crippen molar-refractivity contribution in [3.63, 3.8) is 0 Å². The molecule has 0 radical (unpaired) electrons. The van der Waals surface area contributed by atoms with Crippen LogP contribution in [0.15, 0.2) is 39.6 Å². The number of hydrogen-bond donors (Lipinski definition) is 2. The summed E-state index contributed by atoms with van der Waals surface area (Å²) < 4.78 is 5.21.